The van der Waals surface area contributed by atoms with Gasteiger partial charge in [-0.05, 0) is 59.9 Å². The Balaban J connectivity index is 1.41. The van der Waals surface area contributed by atoms with Crippen LogP contribution in [0, 0.1) is 35.5 Å². The molecule has 5 nitrogen and oxygen atoms in total. The largest absolute Gasteiger partial charge is 0.497 e. The summed E-state index contributed by atoms with van der Waals surface area (Å²) < 4.78 is 5.12. The molecule has 3 fully saturated rings. The van der Waals surface area contributed by atoms with Gasteiger partial charge in [-0.15, -0.1) is 0 Å². The minimum absolute atomic E-state index is 0.125. The van der Waals surface area contributed by atoms with Gasteiger partial charge in [-0.3, -0.25) is 9.59 Å². The Morgan fingerprint density at radius 2 is 1.62 bits per heavy atom. The Hall–Kier alpha value is -2.43. The fraction of sp³-hybridized carbons (Fsp3) is 0.421. The highest BCUT2D eigenvalue weighted by Crippen LogP contribution is 2.65. The van der Waals surface area contributed by atoms with Crippen molar-refractivity contribution in [3.8, 4) is 5.75 Å². The first-order valence-electron chi connectivity index (χ1n) is 8.43. The molecule has 6 atom stereocenters. The molecule has 1 aliphatic heterocycles. The van der Waals surface area contributed by atoms with Crippen LogP contribution in [0.3, 0.4) is 0 Å². The number of rotatable bonds is 3. The second kappa shape index (κ2) is 4.79. The summed E-state index contributed by atoms with van der Waals surface area (Å²) in [5.74, 6) is 1.83. The molecule has 0 N–H and O–H groups in total. The number of nitrogens with zero attached hydrogens (tertiary/aromatic N) is 2. The third kappa shape index (κ3) is 1.78. The van der Waals surface area contributed by atoms with Crippen LogP contribution in [-0.4, -0.2) is 30.1 Å². The van der Waals surface area contributed by atoms with E-state index in [9.17, 15) is 9.59 Å². The third-order valence-electron chi connectivity index (χ3n) is 6.08. The molecular weight excluding hydrogens is 304 g/mol. The number of imide groups is 1. The van der Waals surface area contributed by atoms with Gasteiger partial charge in [0.25, 0.3) is 11.8 Å². The Morgan fingerprint density at radius 3 is 2.17 bits per heavy atom. The van der Waals surface area contributed by atoms with Crippen LogP contribution < -0.4 is 4.74 Å². The maximum Gasteiger partial charge on any atom is 0.254 e. The first kappa shape index (κ1) is 14.0. The zero-order chi connectivity index (χ0) is 16.4. The van der Waals surface area contributed by atoms with E-state index < -0.39 is 0 Å². The molecule has 6 rings (SSSR count). The standard InChI is InChI=1S/C19H18N2O3/c1-24-11-4-2-10(3-5-11)9-20-21-18(22)16-12-6-7-13(15-8-14(12)15)17(16)19(21)23/h2-7,9,12-17H,8H2,1H3/b20-9+/t12-,13-,14-,15-,16-,17+/m1/s1. The van der Waals surface area contributed by atoms with Crippen molar-refractivity contribution in [3.63, 3.8) is 0 Å². The molecule has 2 saturated carbocycles. The van der Waals surface area contributed by atoms with E-state index in [1.807, 2.05) is 24.3 Å². The third-order valence-corrected chi connectivity index (χ3v) is 6.08. The average molecular weight is 322 g/mol. The summed E-state index contributed by atoms with van der Waals surface area (Å²) in [5.41, 5.74) is 0.829. The maximum absolute atomic E-state index is 12.8. The molecular formula is C19H18N2O3. The van der Waals surface area contributed by atoms with Crippen LogP contribution in [0.2, 0.25) is 0 Å². The van der Waals surface area contributed by atoms with Crippen molar-refractivity contribution in [2.75, 3.05) is 7.11 Å². The lowest BCUT2D eigenvalue weighted by Gasteiger charge is -2.37. The first-order valence-corrected chi connectivity index (χ1v) is 8.43. The van der Waals surface area contributed by atoms with Crippen LogP contribution in [0.5, 0.6) is 5.75 Å². The lowest BCUT2D eigenvalue weighted by Crippen LogP contribution is -2.40. The fourth-order valence-corrected chi connectivity index (χ4v) is 4.87. The van der Waals surface area contributed by atoms with E-state index in [0.717, 1.165) is 16.3 Å². The smallest absolute Gasteiger partial charge is 0.254 e. The van der Waals surface area contributed by atoms with Gasteiger partial charge in [-0.25, -0.2) is 0 Å². The molecule has 0 radical (unpaired) electrons. The lowest BCUT2D eigenvalue weighted by molar-refractivity contribution is -0.140. The van der Waals surface area contributed by atoms with Crippen LogP contribution in [0.4, 0.5) is 0 Å². The molecule has 1 saturated heterocycles. The molecule has 1 aromatic carbocycles. The van der Waals surface area contributed by atoms with Crippen molar-refractivity contribution >= 4 is 18.0 Å². The molecule has 2 amide bonds. The van der Waals surface area contributed by atoms with Crippen molar-refractivity contribution in [1.82, 2.24) is 5.01 Å². The van der Waals surface area contributed by atoms with Crippen molar-refractivity contribution in [2.24, 2.45) is 40.6 Å². The van der Waals surface area contributed by atoms with E-state index in [1.54, 1.807) is 13.3 Å². The van der Waals surface area contributed by atoms with E-state index in [4.69, 9.17) is 4.74 Å². The zero-order valence-electron chi connectivity index (χ0n) is 13.3. The minimum atomic E-state index is -0.190. The Morgan fingerprint density at radius 1 is 1.04 bits per heavy atom. The highest BCUT2D eigenvalue weighted by Gasteiger charge is 2.67. The molecule has 4 aliphatic carbocycles. The topological polar surface area (TPSA) is 59.0 Å². The van der Waals surface area contributed by atoms with Gasteiger partial charge in [-0.1, -0.05) is 12.2 Å². The summed E-state index contributed by atoms with van der Waals surface area (Å²) in [6, 6.07) is 7.35. The molecule has 1 heterocycles. The molecule has 0 unspecified atom stereocenters. The number of hydrogen-bond donors (Lipinski definition) is 0. The monoisotopic (exact) mass is 322 g/mol. The molecule has 2 bridgehead atoms. The molecule has 24 heavy (non-hydrogen) atoms. The van der Waals surface area contributed by atoms with Gasteiger partial charge in [0.2, 0.25) is 0 Å². The molecule has 122 valence electrons. The SMILES string of the molecule is COc1ccc(/C=N/N2C(=O)[C@@H]3[C@@H]4C=C[C@H]([C@H]5C[C@H]45)[C@@H]3C2=O)cc1. The van der Waals surface area contributed by atoms with Crippen molar-refractivity contribution in [1.29, 1.82) is 0 Å². The van der Waals surface area contributed by atoms with E-state index in [-0.39, 0.29) is 35.5 Å². The Labute approximate surface area is 140 Å². The fourth-order valence-electron chi connectivity index (χ4n) is 4.87. The number of methoxy groups -OCH3 is 1. The highest BCUT2D eigenvalue weighted by atomic mass is 16.5. The molecule has 0 spiro atoms. The average Bonchev–Trinajstić information content (AvgIpc) is 3.39. The van der Waals surface area contributed by atoms with Gasteiger partial charge in [0.05, 0.1) is 25.2 Å². The Bertz CT molecular complexity index is 746. The molecule has 5 heteroatoms. The predicted octanol–water partition coefficient (Wildman–Crippen LogP) is 2.08. The quantitative estimate of drug-likeness (QED) is 0.486. The van der Waals surface area contributed by atoms with Crippen LogP contribution in [0.15, 0.2) is 41.5 Å². The molecule has 5 aliphatic rings. The van der Waals surface area contributed by atoms with Crippen LogP contribution in [-0.2, 0) is 9.59 Å². The van der Waals surface area contributed by atoms with Gasteiger partial charge in [-0.2, -0.15) is 10.1 Å². The van der Waals surface area contributed by atoms with Gasteiger partial charge in [0.15, 0.2) is 0 Å². The van der Waals surface area contributed by atoms with Gasteiger partial charge >= 0.3 is 0 Å². The number of hydrogen-bond acceptors (Lipinski definition) is 4. The second-order valence-corrected chi connectivity index (χ2v) is 7.16. The number of amides is 2. The highest BCUT2D eigenvalue weighted by molar-refractivity contribution is 6.06. The molecule has 0 aromatic heterocycles. The van der Waals surface area contributed by atoms with Crippen LogP contribution in [0.25, 0.3) is 0 Å². The van der Waals surface area contributed by atoms with Gasteiger partial charge in [0, 0.05) is 0 Å². The number of carbonyl (C=O) groups excluding carboxylic acids is 2. The van der Waals surface area contributed by atoms with E-state index >= 15 is 0 Å². The van der Waals surface area contributed by atoms with Crippen LogP contribution >= 0.6 is 0 Å². The number of ether oxygens (including phenoxy) is 1. The number of carbonyl (C=O) groups is 2. The van der Waals surface area contributed by atoms with Gasteiger partial charge in [0.1, 0.15) is 5.75 Å². The van der Waals surface area contributed by atoms with Crippen LogP contribution in [0.1, 0.15) is 12.0 Å². The normalized spacial score (nSPS) is 38.6. The van der Waals surface area contributed by atoms with E-state index in [1.165, 1.54) is 6.42 Å². The minimum Gasteiger partial charge on any atom is -0.497 e. The summed E-state index contributed by atoms with van der Waals surface area (Å²) in [7, 11) is 1.61. The van der Waals surface area contributed by atoms with Crippen molar-refractivity contribution < 1.29 is 14.3 Å². The summed E-state index contributed by atoms with van der Waals surface area (Å²) in [6.45, 7) is 0. The van der Waals surface area contributed by atoms with Crippen molar-refractivity contribution in [2.45, 2.75) is 6.42 Å². The zero-order valence-corrected chi connectivity index (χ0v) is 13.3. The van der Waals surface area contributed by atoms with Crippen molar-refractivity contribution in [3.05, 3.63) is 42.0 Å². The first-order chi connectivity index (χ1) is 11.7. The molecule has 1 aromatic rings. The summed E-state index contributed by atoms with van der Waals surface area (Å²) in [6.07, 6.45) is 7.08. The number of hydrazone groups is 1. The van der Waals surface area contributed by atoms with E-state index in [0.29, 0.717) is 11.8 Å². The van der Waals surface area contributed by atoms with E-state index in [2.05, 4.69) is 17.3 Å². The Kier molecular flexibility index (Phi) is 2.78. The maximum atomic E-state index is 12.8. The lowest BCUT2D eigenvalue weighted by atomic mass is 9.63. The predicted molar refractivity (Wildman–Crippen MR) is 87.1 cm³/mol. The summed E-state index contributed by atoms with van der Waals surface area (Å²) in [5, 5.41) is 5.32. The number of benzene rings is 1. The summed E-state index contributed by atoms with van der Waals surface area (Å²) in [4.78, 5) is 25.5. The summed E-state index contributed by atoms with van der Waals surface area (Å²) >= 11 is 0. The van der Waals surface area contributed by atoms with Gasteiger partial charge < -0.3 is 4.74 Å². The number of allylic oxidation sites excluding steroid dienone is 2. The second-order valence-electron chi connectivity index (χ2n) is 7.16.